The van der Waals surface area contributed by atoms with Crippen molar-refractivity contribution in [2.45, 2.75) is 12.8 Å². The number of ether oxygens (including phenoxy) is 3. The second-order valence-corrected chi connectivity index (χ2v) is 7.60. The van der Waals surface area contributed by atoms with E-state index in [1.807, 2.05) is 0 Å². The van der Waals surface area contributed by atoms with Crippen LogP contribution in [0.15, 0.2) is 48.5 Å². The Hall–Kier alpha value is -3.59. The molecule has 0 bridgehead atoms. The normalized spacial score (nSPS) is 15.3. The fraction of sp³-hybridized carbons (Fsp3) is 0.375. The Morgan fingerprint density at radius 1 is 1.03 bits per heavy atom. The van der Waals surface area contributed by atoms with Gasteiger partial charge in [-0.05, 0) is 55.0 Å². The van der Waals surface area contributed by atoms with Crippen LogP contribution in [0.1, 0.15) is 12.8 Å². The van der Waals surface area contributed by atoms with Gasteiger partial charge in [-0.25, -0.2) is 0 Å². The molecule has 9 heteroatoms. The van der Waals surface area contributed by atoms with E-state index in [-0.39, 0.29) is 36.7 Å². The number of hydrogen-bond acceptors (Lipinski definition) is 6. The highest BCUT2D eigenvalue weighted by Gasteiger charge is 2.34. The molecule has 1 heterocycles. The van der Waals surface area contributed by atoms with Gasteiger partial charge in [-0.1, -0.05) is 0 Å². The smallest absolute Gasteiger partial charge is 0.262 e. The lowest BCUT2D eigenvalue weighted by atomic mass is 10.1. The molecule has 1 aliphatic rings. The Bertz CT molecular complexity index is 946. The standard InChI is InChI=1S/C24H29N3O6/c1-31-13-3-12-25-24(30)17-14-23(29)27(15-17)19-6-10-21(11-7-19)33-16-22(28)26-18-4-8-20(32-2)9-5-18/h4-11,17H,3,12-16H2,1-2H3,(H,25,30)(H,26,28)/t17-/m1/s1. The highest BCUT2D eigenvalue weighted by atomic mass is 16.5. The molecule has 3 amide bonds. The second kappa shape index (κ2) is 11.9. The van der Waals surface area contributed by atoms with Gasteiger partial charge < -0.3 is 29.7 Å². The summed E-state index contributed by atoms with van der Waals surface area (Å²) < 4.78 is 15.6. The van der Waals surface area contributed by atoms with Crippen LogP contribution < -0.4 is 25.0 Å². The molecule has 1 fully saturated rings. The Balaban J connectivity index is 1.46. The van der Waals surface area contributed by atoms with Gasteiger partial charge in [0.05, 0.1) is 13.0 Å². The monoisotopic (exact) mass is 455 g/mol. The van der Waals surface area contributed by atoms with Crippen molar-refractivity contribution in [2.24, 2.45) is 5.92 Å². The van der Waals surface area contributed by atoms with Crippen molar-refractivity contribution in [1.82, 2.24) is 5.32 Å². The van der Waals surface area contributed by atoms with Gasteiger partial charge in [-0.3, -0.25) is 14.4 Å². The second-order valence-electron chi connectivity index (χ2n) is 7.60. The summed E-state index contributed by atoms with van der Waals surface area (Å²) in [5, 5.41) is 5.59. The molecule has 2 aromatic rings. The maximum Gasteiger partial charge on any atom is 0.262 e. The molecular weight excluding hydrogens is 426 g/mol. The summed E-state index contributed by atoms with van der Waals surface area (Å²) in [7, 11) is 3.19. The van der Waals surface area contributed by atoms with Gasteiger partial charge in [-0.15, -0.1) is 0 Å². The van der Waals surface area contributed by atoms with Crippen molar-refractivity contribution in [2.75, 3.05) is 50.7 Å². The molecule has 2 aromatic carbocycles. The predicted octanol–water partition coefficient (Wildman–Crippen LogP) is 2.22. The minimum absolute atomic E-state index is 0.0976. The van der Waals surface area contributed by atoms with Crippen LogP contribution in [0.5, 0.6) is 11.5 Å². The molecular formula is C24H29N3O6. The topological polar surface area (TPSA) is 106 Å². The molecule has 33 heavy (non-hydrogen) atoms. The summed E-state index contributed by atoms with van der Waals surface area (Å²) in [6, 6.07) is 13.9. The van der Waals surface area contributed by atoms with Crippen molar-refractivity contribution in [1.29, 1.82) is 0 Å². The fourth-order valence-corrected chi connectivity index (χ4v) is 3.45. The molecule has 0 spiro atoms. The van der Waals surface area contributed by atoms with Crippen LogP contribution in [0, 0.1) is 5.92 Å². The van der Waals surface area contributed by atoms with Crippen LogP contribution in [0.25, 0.3) is 0 Å². The van der Waals surface area contributed by atoms with E-state index in [4.69, 9.17) is 14.2 Å². The van der Waals surface area contributed by atoms with Crippen molar-refractivity contribution in [3.8, 4) is 11.5 Å². The van der Waals surface area contributed by atoms with Crippen LogP contribution in [-0.2, 0) is 19.1 Å². The Labute approximate surface area is 193 Å². The average Bonchev–Trinajstić information content (AvgIpc) is 3.23. The Kier molecular flexibility index (Phi) is 8.65. The first kappa shape index (κ1) is 24.1. The lowest BCUT2D eigenvalue weighted by Gasteiger charge is -2.17. The average molecular weight is 456 g/mol. The summed E-state index contributed by atoms with van der Waals surface area (Å²) in [4.78, 5) is 38.4. The van der Waals surface area contributed by atoms with Crippen molar-refractivity contribution >= 4 is 29.1 Å². The SMILES string of the molecule is COCCCNC(=O)[C@@H]1CC(=O)N(c2ccc(OCC(=O)Nc3ccc(OC)cc3)cc2)C1. The summed E-state index contributed by atoms with van der Waals surface area (Å²) in [5.41, 5.74) is 1.33. The maximum absolute atomic E-state index is 12.4. The lowest BCUT2D eigenvalue weighted by Crippen LogP contribution is -2.33. The van der Waals surface area contributed by atoms with Crippen molar-refractivity contribution < 1.29 is 28.6 Å². The first-order valence-electron chi connectivity index (χ1n) is 10.7. The third-order valence-corrected chi connectivity index (χ3v) is 5.21. The summed E-state index contributed by atoms with van der Waals surface area (Å²) in [5.74, 6) is 0.317. The fourth-order valence-electron chi connectivity index (χ4n) is 3.45. The number of benzene rings is 2. The number of amides is 3. The molecule has 176 valence electrons. The van der Waals surface area contributed by atoms with Crippen LogP contribution in [0.4, 0.5) is 11.4 Å². The maximum atomic E-state index is 12.4. The highest BCUT2D eigenvalue weighted by molar-refractivity contribution is 6.00. The third-order valence-electron chi connectivity index (χ3n) is 5.21. The number of carbonyl (C=O) groups is 3. The van der Waals surface area contributed by atoms with E-state index in [1.165, 1.54) is 0 Å². The van der Waals surface area contributed by atoms with E-state index in [0.29, 0.717) is 42.6 Å². The van der Waals surface area contributed by atoms with E-state index < -0.39 is 0 Å². The minimum atomic E-state index is -0.377. The van der Waals surface area contributed by atoms with Gasteiger partial charge in [0.15, 0.2) is 6.61 Å². The molecule has 0 saturated carbocycles. The number of methoxy groups -OCH3 is 2. The quantitative estimate of drug-likeness (QED) is 0.504. The summed E-state index contributed by atoms with van der Waals surface area (Å²) in [6.07, 6.45) is 0.909. The predicted molar refractivity (Wildman–Crippen MR) is 124 cm³/mol. The van der Waals surface area contributed by atoms with Gasteiger partial charge in [-0.2, -0.15) is 0 Å². The first-order valence-corrected chi connectivity index (χ1v) is 10.7. The molecule has 2 N–H and O–H groups in total. The number of carbonyl (C=O) groups excluding carboxylic acids is 3. The number of anilines is 2. The molecule has 0 aromatic heterocycles. The Morgan fingerprint density at radius 3 is 2.39 bits per heavy atom. The Morgan fingerprint density at radius 2 is 1.73 bits per heavy atom. The molecule has 0 unspecified atom stereocenters. The van der Waals surface area contributed by atoms with Gasteiger partial charge in [0.2, 0.25) is 11.8 Å². The van der Waals surface area contributed by atoms with Crippen LogP contribution in [0.3, 0.4) is 0 Å². The van der Waals surface area contributed by atoms with Gasteiger partial charge >= 0.3 is 0 Å². The molecule has 1 saturated heterocycles. The van der Waals surface area contributed by atoms with E-state index in [2.05, 4.69) is 10.6 Å². The van der Waals surface area contributed by atoms with Crippen LogP contribution in [0.2, 0.25) is 0 Å². The molecule has 3 rings (SSSR count). The van der Waals surface area contributed by atoms with Gasteiger partial charge in [0, 0.05) is 44.6 Å². The molecule has 0 aliphatic carbocycles. The van der Waals surface area contributed by atoms with Crippen molar-refractivity contribution in [3.63, 3.8) is 0 Å². The third kappa shape index (κ3) is 6.95. The molecule has 1 aliphatic heterocycles. The minimum Gasteiger partial charge on any atom is -0.497 e. The van der Waals surface area contributed by atoms with E-state index in [9.17, 15) is 14.4 Å². The van der Waals surface area contributed by atoms with Gasteiger partial charge in [0.25, 0.3) is 5.91 Å². The van der Waals surface area contributed by atoms with E-state index in [1.54, 1.807) is 67.7 Å². The zero-order valence-electron chi connectivity index (χ0n) is 18.8. The largest absolute Gasteiger partial charge is 0.497 e. The number of rotatable bonds is 11. The number of nitrogens with one attached hydrogen (secondary N) is 2. The lowest BCUT2D eigenvalue weighted by molar-refractivity contribution is -0.126. The summed E-state index contributed by atoms with van der Waals surface area (Å²) in [6.45, 7) is 1.28. The van der Waals surface area contributed by atoms with E-state index in [0.717, 1.165) is 6.42 Å². The first-order chi connectivity index (χ1) is 16.0. The molecule has 1 atom stereocenters. The van der Waals surface area contributed by atoms with Crippen molar-refractivity contribution in [3.05, 3.63) is 48.5 Å². The van der Waals surface area contributed by atoms with Crippen LogP contribution in [-0.4, -0.2) is 58.2 Å². The highest BCUT2D eigenvalue weighted by Crippen LogP contribution is 2.27. The van der Waals surface area contributed by atoms with Crippen LogP contribution >= 0.6 is 0 Å². The summed E-state index contributed by atoms with van der Waals surface area (Å²) >= 11 is 0. The molecule has 0 radical (unpaired) electrons. The molecule has 9 nitrogen and oxygen atoms in total. The zero-order chi connectivity index (χ0) is 23.6. The van der Waals surface area contributed by atoms with E-state index >= 15 is 0 Å². The zero-order valence-corrected chi connectivity index (χ0v) is 18.8. The number of hydrogen-bond donors (Lipinski definition) is 2. The number of nitrogens with zero attached hydrogens (tertiary/aromatic N) is 1. The van der Waals surface area contributed by atoms with Gasteiger partial charge in [0.1, 0.15) is 11.5 Å².